The maximum atomic E-state index is 13.3. The minimum atomic E-state index is -0.0561. The van der Waals surface area contributed by atoms with Gasteiger partial charge in [0, 0.05) is 73.6 Å². The van der Waals surface area contributed by atoms with Gasteiger partial charge in [-0.15, -0.1) is 22.7 Å². The van der Waals surface area contributed by atoms with E-state index < -0.39 is 0 Å². The van der Waals surface area contributed by atoms with Crippen LogP contribution in [0.2, 0.25) is 0 Å². The fourth-order valence-corrected chi connectivity index (χ4v) is 5.99. The van der Waals surface area contributed by atoms with Crippen molar-refractivity contribution < 1.29 is 4.79 Å². The Morgan fingerprint density at radius 3 is 2.67 bits per heavy atom. The van der Waals surface area contributed by atoms with Gasteiger partial charge in [0.25, 0.3) is 5.91 Å². The van der Waals surface area contributed by atoms with Gasteiger partial charge >= 0.3 is 0 Å². The van der Waals surface area contributed by atoms with Gasteiger partial charge < -0.3 is 20.4 Å². The monoisotopic (exact) mass is 557 g/mol. The van der Waals surface area contributed by atoms with Crippen LogP contribution in [0.5, 0.6) is 0 Å². The van der Waals surface area contributed by atoms with Gasteiger partial charge in [-0.3, -0.25) is 9.78 Å². The Balaban J connectivity index is 1.18. The number of fused-ring (bicyclic) bond motifs is 1. The van der Waals surface area contributed by atoms with Crippen LogP contribution in [-0.4, -0.2) is 67.9 Å². The van der Waals surface area contributed by atoms with Gasteiger partial charge in [-0.2, -0.15) is 0 Å². The van der Waals surface area contributed by atoms with Crippen LogP contribution in [-0.2, 0) is 0 Å². The lowest BCUT2D eigenvalue weighted by atomic mass is 10.2. The largest absolute Gasteiger partial charge is 0.382 e. The summed E-state index contributed by atoms with van der Waals surface area (Å²) in [4.78, 5) is 39.5. The molecular weight excluding hydrogens is 530 g/mol. The topological polar surface area (TPSA) is 112 Å². The molecule has 6 rings (SSSR count). The van der Waals surface area contributed by atoms with Crippen molar-refractivity contribution in [3.05, 3.63) is 65.6 Å². The molecule has 198 valence electrons. The minimum Gasteiger partial charge on any atom is -0.382 e. The molecule has 0 bridgehead atoms. The molecule has 0 atom stereocenters. The molecule has 5 aromatic rings. The van der Waals surface area contributed by atoms with Crippen LogP contribution in [0.4, 0.5) is 23.0 Å². The lowest BCUT2D eigenvalue weighted by Crippen LogP contribution is -2.49. The molecule has 4 aromatic heterocycles. The zero-order chi connectivity index (χ0) is 26.8. The molecule has 1 aliphatic rings. The fourth-order valence-electron chi connectivity index (χ4n) is 4.46. The zero-order valence-electron chi connectivity index (χ0n) is 21.5. The summed E-state index contributed by atoms with van der Waals surface area (Å²) in [6.07, 6.45) is 6.91. The smallest absolute Gasteiger partial charge is 0.273 e. The van der Waals surface area contributed by atoms with E-state index in [1.54, 1.807) is 29.9 Å². The Kier molecular flexibility index (Phi) is 7.03. The molecule has 0 spiro atoms. The van der Waals surface area contributed by atoms with Crippen molar-refractivity contribution in [2.75, 3.05) is 41.7 Å². The number of nitrogens with one attached hydrogen (secondary N) is 2. The number of rotatable bonds is 7. The van der Waals surface area contributed by atoms with Crippen molar-refractivity contribution in [1.29, 1.82) is 0 Å². The summed E-state index contributed by atoms with van der Waals surface area (Å²) in [7, 11) is 0. The summed E-state index contributed by atoms with van der Waals surface area (Å²) in [5, 5.41) is 9.50. The number of anilines is 4. The predicted octanol–water partition coefficient (Wildman–Crippen LogP) is 5.13. The highest BCUT2D eigenvalue weighted by Gasteiger charge is 2.25. The molecule has 39 heavy (non-hydrogen) atoms. The summed E-state index contributed by atoms with van der Waals surface area (Å²) in [6.45, 7) is 6.81. The van der Waals surface area contributed by atoms with Crippen molar-refractivity contribution >= 4 is 61.8 Å². The zero-order valence-corrected chi connectivity index (χ0v) is 23.2. The number of aromatic nitrogens is 5. The van der Waals surface area contributed by atoms with Crippen LogP contribution in [0, 0.1) is 0 Å². The summed E-state index contributed by atoms with van der Waals surface area (Å²) in [5.74, 6) is 1.50. The third kappa shape index (κ3) is 5.52. The molecule has 1 amide bonds. The molecule has 2 N–H and O–H groups in total. The minimum absolute atomic E-state index is 0.0561. The molecule has 10 nitrogen and oxygen atoms in total. The van der Waals surface area contributed by atoms with E-state index in [0.29, 0.717) is 31.9 Å². The number of benzene rings is 1. The number of pyridine rings is 1. The maximum Gasteiger partial charge on any atom is 0.273 e. The molecule has 1 aromatic carbocycles. The molecule has 12 heteroatoms. The van der Waals surface area contributed by atoms with E-state index in [1.165, 1.54) is 11.3 Å². The van der Waals surface area contributed by atoms with Crippen molar-refractivity contribution in [1.82, 2.24) is 29.8 Å². The number of carbonyl (C=O) groups is 1. The van der Waals surface area contributed by atoms with E-state index in [2.05, 4.69) is 55.4 Å². The summed E-state index contributed by atoms with van der Waals surface area (Å²) < 4.78 is 1.12. The number of thiazole rings is 2. The first-order valence-corrected chi connectivity index (χ1v) is 14.4. The van der Waals surface area contributed by atoms with Gasteiger partial charge in [-0.1, -0.05) is 0 Å². The number of amides is 1. The third-order valence-electron chi connectivity index (χ3n) is 6.35. The summed E-state index contributed by atoms with van der Waals surface area (Å²) in [5.41, 5.74) is 6.01. The van der Waals surface area contributed by atoms with E-state index in [-0.39, 0.29) is 11.9 Å². The lowest BCUT2D eigenvalue weighted by molar-refractivity contribution is 0.0741. The molecule has 5 heterocycles. The highest BCUT2D eigenvalue weighted by molar-refractivity contribution is 7.16. The summed E-state index contributed by atoms with van der Waals surface area (Å²) >= 11 is 3.06. The highest BCUT2D eigenvalue weighted by Crippen LogP contribution is 2.33. The number of hydrogen-bond donors (Lipinski definition) is 2. The molecule has 0 unspecified atom stereocenters. The van der Waals surface area contributed by atoms with Crippen molar-refractivity contribution in [2.24, 2.45) is 0 Å². The normalized spacial score (nSPS) is 13.7. The van der Waals surface area contributed by atoms with E-state index in [0.717, 1.165) is 43.8 Å². The fraction of sp³-hybridized carbons (Fsp3) is 0.259. The van der Waals surface area contributed by atoms with Crippen LogP contribution >= 0.6 is 22.7 Å². The Labute approximate surface area is 233 Å². The second kappa shape index (κ2) is 10.9. The predicted molar refractivity (Wildman–Crippen MR) is 157 cm³/mol. The van der Waals surface area contributed by atoms with Crippen molar-refractivity contribution in [3.63, 3.8) is 0 Å². The Hall–Kier alpha value is -4.16. The maximum absolute atomic E-state index is 13.3. The molecular formula is C27H27N9OS2. The first kappa shape index (κ1) is 25.1. The lowest BCUT2D eigenvalue weighted by Gasteiger charge is -2.34. The van der Waals surface area contributed by atoms with Crippen LogP contribution in [0.25, 0.3) is 20.8 Å². The van der Waals surface area contributed by atoms with E-state index in [1.807, 2.05) is 40.2 Å². The first-order valence-electron chi connectivity index (χ1n) is 12.7. The van der Waals surface area contributed by atoms with Crippen LogP contribution in [0.3, 0.4) is 0 Å². The first-order chi connectivity index (χ1) is 19.0. The van der Waals surface area contributed by atoms with E-state index >= 15 is 0 Å². The summed E-state index contributed by atoms with van der Waals surface area (Å²) in [6, 6.07) is 8.27. The Bertz CT molecular complexity index is 1590. The van der Waals surface area contributed by atoms with Crippen molar-refractivity contribution in [3.8, 4) is 10.6 Å². The number of nitrogens with zero attached hydrogens (tertiary/aromatic N) is 7. The average Bonchev–Trinajstić information content (AvgIpc) is 3.63. The van der Waals surface area contributed by atoms with E-state index in [9.17, 15) is 4.79 Å². The van der Waals surface area contributed by atoms with Gasteiger partial charge in [0.1, 0.15) is 22.3 Å². The SMILES string of the molecule is CC(C)Nc1cc(Nc2ccc3ncsc3c2)ncc1-c1nc(C(=O)N2CCN(c3cnccn3)CC2)cs1. The molecule has 0 aliphatic carbocycles. The van der Waals surface area contributed by atoms with Gasteiger partial charge in [0.15, 0.2) is 0 Å². The van der Waals surface area contributed by atoms with Crippen molar-refractivity contribution in [2.45, 2.75) is 19.9 Å². The van der Waals surface area contributed by atoms with Gasteiger partial charge in [0.05, 0.1) is 27.5 Å². The standard InChI is InChI=1S/C27H27N9OS2/c1-17(2)32-21-12-24(33-18-3-4-20-23(11-18)39-16-31-20)30-13-19(21)26-34-22(15-38-26)27(37)36-9-7-35(8-10-36)25-14-28-5-6-29-25/h3-6,11-17H,7-10H2,1-2H3,(H2,30,32,33). The number of hydrogen-bond acceptors (Lipinski definition) is 11. The highest BCUT2D eigenvalue weighted by atomic mass is 32.1. The molecule has 0 saturated carbocycles. The molecule has 1 saturated heterocycles. The van der Waals surface area contributed by atoms with Crippen LogP contribution in [0.15, 0.2) is 59.9 Å². The van der Waals surface area contributed by atoms with E-state index in [4.69, 9.17) is 4.98 Å². The third-order valence-corrected chi connectivity index (χ3v) is 8.01. The Morgan fingerprint density at radius 1 is 1.00 bits per heavy atom. The second-order valence-corrected chi connectivity index (χ2v) is 11.2. The van der Waals surface area contributed by atoms with Gasteiger partial charge in [-0.25, -0.2) is 19.9 Å². The molecule has 0 radical (unpaired) electrons. The average molecular weight is 558 g/mol. The van der Waals surface area contributed by atoms with Gasteiger partial charge in [0.2, 0.25) is 0 Å². The van der Waals surface area contributed by atoms with Crippen LogP contribution in [0.1, 0.15) is 24.3 Å². The number of piperazine rings is 1. The Morgan fingerprint density at radius 2 is 1.87 bits per heavy atom. The van der Waals surface area contributed by atoms with Crippen LogP contribution < -0.4 is 15.5 Å². The number of carbonyl (C=O) groups excluding carboxylic acids is 1. The second-order valence-electron chi connectivity index (χ2n) is 9.45. The molecule has 1 fully saturated rings. The van der Waals surface area contributed by atoms with Gasteiger partial charge in [-0.05, 0) is 32.0 Å². The molecule has 1 aliphatic heterocycles. The quantitative estimate of drug-likeness (QED) is 0.281.